The zero-order chi connectivity index (χ0) is 28.6. The summed E-state index contributed by atoms with van der Waals surface area (Å²) in [4.78, 5) is 28.9. The van der Waals surface area contributed by atoms with E-state index in [2.05, 4.69) is 14.9 Å². The number of nitrogens with one attached hydrogen (secondary N) is 2. The SMILES string of the molecule is O=C1C(Cc2ccc(NC(=O)C3(NS(=O)(=O)c4ccccc4)CC3)cc2Cl)CCN1C1C2CC3CC1CC(O)(C3)C2. The van der Waals surface area contributed by atoms with Gasteiger partial charge in [-0.3, -0.25) is 9.59 Å². The number of hydrogen-bond donors (Lipinski definition) is 3. The third kappa shape index (κ3) is 4.98. The Kier molecular flexibility index (Phi) is 6.54. The number of nitrogens with zero attached hydrogens (tertiary/aromatic N) is 1. The minimum Gasteiger partial charge on any atom is -0.390 e. The molecule has 1 saturated heterocycles. The lowest BCUT2D eigenvalue weighted by Gasteiger charge is -2.59. The van der Waals surface area contributed by atoms with E-state index in [0.29, 0.717) is 47.7 Å². The minimum atomic E-state index is -3.83. The van der Waals surface area contributed by atoms with Gasteiger partial charge in [-0.2, -0.15) is 4.72 Å². The molecular formula is C31H36ClN3O5S. The van der Waals surface area contributed by atoms with Crippen LogP contribution in [-0.4, -0.2) is 54.0 Å². The van der Waals surface area contributed by atoms with Gasteiger partial charge in [0.2, 0.25) is 21.8 Å². The van der Waals surface area contributed by atoms with E-state index in [-0.39, 0.29) is 22.8 Å². The summed E-state index contributed by atoms with van der Waals surface area (Å²) in [6.45, 7) is 0.761. The van der Waals surface area contributed by atoms with Gasteiger partial charge in [-0.05, 0) is 105 Å². The monoisotopic (exact) mass is 597 g/mol. The molecule has 2 aromatic carbocycles. The molecule has 6 aliphatic rings. The highest BCUT2D eigenvalue weighted by Crippen LogP contribution is 2.57. The Morgan fingerprint density at radius 2 is 1.76 bits per heavy atom. The van der Waals surface area contributed by atoms with Crippen LogP contribution in [0.1, 0.15) is 56.9 Å². The van der Waals surface area contributed by atoms with Crippen LogP contribution in [0.2, 0.25) is 5.02 Å². The molecule has 218 valence electrons. The van der Waals surface area contributed by atoms with Crippen molar-refractivity contribution in [2.75, 3.05) is 11.9 Å². The van der Waals surface area contributed by atoms with Crippen molar-refractivity contribution in [1.29, 1.82) is 0 Å². The zero-order valence-electron chi connectivity index (χ0n) is 22.9. The summed E-state index contributed by atoms with van der Waals surface area (Å²) in [6, 6.07) is 13.5. The Hall–Kier alpha value is -2.46. The number of rotatable bonds is 8. The lowest BCUT2D eigenvalue weighted by atomic mass is 9.52. The smallest absolute Gasteiger partial charge is 0.245 e. The number of aliphatic hydroxyl groups is 1. The van der Waals surface area contributed by atoms with Crippen LogP contribution in [0.5, 0.6) is 0 Å². The van der Waals surface area contributed by atoms with Crippen LogP contribution in [0.3, 0.4) is 0 Å². The predicted molar refractivity (Wildman–Crippen MR) is 155 cm³/mol. The second-order valence-corrected chi connectivity index (χ2v) is 15.3. The Morgan fingerprint density at radius 1 is 1.05 bits per heavy atom. The van der Waals surface area contributed by atoms with Gasteiger partial charge >= 0.3 is 0 Å². The summed E-state index contributed by atoms with van der Waals surface area (Å²) in [7, 11) is -3.83. The maximum absolute atomic E-state index is 13.6. The molecule has 8 nitrogen and oxygen atoms in total. The van der Waals surface area contributed by atoms with Gasteiger partial charge in [0.1, 0.15) is 5.54 Å². The van der Waals surface area contributed by atoms with Crippen LogP contribution in [0.25, 0.3) is 0 Å². The van der Waals surface area contributed by atoms with Gasteiger partial charge in [-0.15, -0.1) is 0 Å². The second kappa shape index (κ2) is 9.79. The van der Waals surface area contributed by atoms with Gasteiger partial charge in [0, 0.05) is 29.2 Å². The predicted octanol–water partition coefficient (Wildman–Crippen LogP) is 4.12. The van der Waals surface area contributed by atoms with Crippen LogP contribution in [0, 0.1) is 23.7 Å². The lowest BCUT2D eigenvalue weighted by Crippen LogP contribution is -2.62. The molecule has 8 rings (SSSR count). The molecule has 6 fully saturated rings. The van der Waals surface area contributed by atoms with Crippen LogP contribution in [0.15, 0.2) is 53.4 Å². The summed E-state index contributed by atoms with van der Waals surface area (Å²) in [6.07, 6.45) is 7.01. The van der Waals surface area contributed by atoms with Crippen LogP contribution in [0.4, 0.5) is 5.69 Å². The summed E-state index contributed by atoms with van der Waals surface area (Å²) >= 11 is 6.64. The Bertz CT molecular complexity index is 1480. The van der Waals surface area contributed by atoms with E-state index in [0.717, 1.165) is 50.6 Å². The number of carbonyl (C=O) groups excluding carboxylic acids is 2. The van der Waals surface area contributed by atoms with Crippen molar-refractivity contribution < 1.29 is 23.1 Å². The fourth-order valence-corrected chi connectivity index (χ4v) is 10.1. The molecule has 1 heterocycles. The number of anilines is 1. The second-order valence-electron chi connectivity index (χ2n) is 13.2. The molecule has 0 spiro atoms. The van der Waals surface area contributed by atoms with Gasteiger partial charge in [0.05, 0.1) is 10.5 Å². The summed E-state index contributed by atoms with van der Waals surface area (Å²) in [5.41, 5.74) is -0.340. The standard InChI is InChI=1S/C31H36ClN3O5S/c32-26-15-24(33-29(37)31(9-10-31)34-41(39,40)25-4-2-1-3-5-25)7-6-20(26)14-21-8-11-35(28(21)36)27-22-12-19-13-23(27)18-30(38,16-19)17-22/h1-7,15,19,21-23,27,34,38H,8-14,16-18H2,(H,33,37). The number of carbonyl (C=O) groups is 2. The first kappa shape index (κ1) is 27.4. The van der Waals surface area contributed by atoms with Crippen molar-refractivity contribution in [3.63, 3.8) is 0 Å². The molecule has 3 atom stereocenters. The third-order valence-corrected chi connectivity index (χ3v) is 12.2. The van der Waals surface area contributed by atoms with E-state index in [1.54, 1.807) is 30.3 Å². The van der Waals surface area contributed by atoms with Gasteiger partial charge in [0.25, 0.3) is 0 Å². The summed E-state index contributed by atoms with van der Waals surface area (Å²) < 4.78 is 28.2. The highest BCUT2D eigenvalue weighted by molar-refractivity contribution is 7.89. The van der Waals surface area contributed by atoms with Gasteiger partial charge in [-0.1, -0.05) is 35.9 Å². The van der Waals surface area contributed by atoms with Gasteiger partial charge < -0.3 is 15.3 Å². The topological polar surface area (TPSA) is 116 Å². The maximum atomic E-state index is 13.6. The molecule has 5 saturated carbocycles. The number of halogens is 1. The first-order valence-corrected chi connectivity index (χ1v) is 16.6. The fourth-order valence-electron chi connectivity index (χ4n) is 8.44. The molecule has 0 aromatic heterocycles. The quantitative estimate of drug-likeness (QED) is 0.423. The minimum absolute atomic E-state index is 0.118. The maximum Gasteiger partial charge on any atom is 0.245 e. The molecule has 5 aliphatic carbocycles. The van der Waals surface area contributed by atoms with E-state index >= 15 is 0 Å². The van der Waals surface area contributed by atoms with Crippen LogP contribution in [-0.2, 0) is 26.0 Å². The highest BCUT2D eigenvalue weighted by atomic mass is 35.5. The molecule has 41 heavy (non-hydrogen) atoms. The van der Waals surface area contributed by atoms with E-state index in [4.69, 9.17) is 11.6 Å². The average Bonchev–Trinajstić information content (AvgIpc) is 3.61. The number of benzene rings is 2. The third-order valence-electron chi connectivity index (χ3n) is 10.2. The normalized spacial score (nSPS) is 33.3. The van der Waals surface area contributed by atoms with E-state index in [1.807, 2.05) is 6.07 Å². The van der Waals surface area contributed by atoms with Crippen LogP contribution < -0.4 is 10.0 Å². The summed E-state index contributed by atoms with van der Waals surface area (Å²) in [5.74, 6) is 1.08. The molecule has 0 radical (unpaired) electrons. The molecule has 3 N–H and O–H groups in total. The largest absolute Gasteiger partial charge is 0.390 e. The number of amides is 2. The molecule has 2 aromatic rings. The highest BCUT2D eigenvalue weighted by Gasteiger charge is 2.57. The molecule has 3 unspecified atom stereocenters. The number of likely N-dealkylation sites (tertiary alicyclic amines) is 1. The van der Waals surface area contributed by atoms with E-state index < -0.39 is 27.1 Å². The lowest BCUT2D eigenvalue weighted by molar-refractivity contribution is -0.168. The number of sulfonamides is 1. The van der Waals surface area contributed by atoms with Crippen molar-refractivity contribution in [3.8, 4) is 0 Å². The van der Waals surface area contributed by atoms with Crippen molar-refractivity contribution in [2.24, 2.45) is 23.7 Å². The Labute approximate surface area is 245 Å². The first-order valence-electron chi connectivity index (χ1n) is 14.8. The van der Waals surface area contributed by atoms with Gasteiger partial charge in [0.15, 0.2) is 0 Å². The Balaban J connectivity index is 0.986. The van der Waals surface area contributed by atoms with Crippen LogP contribution >= 0.6 is 11.6 Å². The Morgan fingerprint density at radius 3 is 2.39 bits per heavy atom. The first-order chi connectivity index (χ1) is 19.5. The van der Waals surface area contributed by atoms with Crippen molar-refractivity contribution in [2.45, 2.75) is 79.9 Å². The molecular weight excluding hydrogens is 562 g/mol. The molecule has 10 heteroatoms. The van der Waals surface area contributed by atoms with Gasteiger partial charge in [-0.25, -0.2) is 8.42 Å². The van der Waals surface area contributed by atoms with Crippen molar-refractivity contribution >= 4 is 39.1 Å². The molecule has 4 bridgehead atoms. The van der Waals surface area contributed by atoms with E-state index in [1.165, 1.54) is 12.1 Å². The molecule has 2 amide bonds. The zero-order valence-corrected chi connectivity index (χ0v) is 24.5. The number of hydrogen-bond acceptors (Lipinski definition) is 5. The fraction of sp³-hybridized carbons (Fsp3) is 0.548. The van der Waals surface area contributed by atoms with Crippen molar-refractivity contribution in [1.82, 2.24) is 9.62 Å². The molecule has 1 aliphatic heterocycles. The average molecular weight is 598 g/mol. The van der Waals surface area contributed by atoms with E-state index in [9.17, 15) is 23.1 Å². The summed E-state index contributed by atoms with van der Waals surface area (Å²) in [5, 5.41) is 14.3. The van der Waals surface area contributed by atoms with Crippen molar-refractivity contribution in [3.05, 3.63) is 59.1 Å².